The molecule has 3 rings (SSSR count). The molecule has 0 spiro atoms. The minimum Gasteiger partial charge on any atom is -0.452 e. The molecule has 2 heterocycles. The molecule has 0 fully saturated rings. The second-order valence-electron chi connectivity index (χ2n) is 7.56. The van der Waals surface area contributed by atoms with E-state index in [1.54, 1.807) is 50.5 Å². The fourth-order valence-corrected chi connectivity index (χ4v) is 4.04. The van der Waals surface area contributed by atoms with Crippen LogP contribution in [-0.4, -0.2) is 24.4 Å². The van der Waals surface area contributed by atoms with Gasteiger partial charge < -0.3 is 4.74 Å². The van der Waals surface area contributed by atoms with Crippen molar-refractivity contribution in [1.29, 1.82) is 0 Å². The summed E-state index contributed by atoms with van der Waals surface area (Å²) in [4.78, 5) is 8.29. The number of ether oxygens (including phenoxy) is 1. The molecule has 0 aliphatic heterocycles. The monoisotopic (exact) mass is 444 g/mol. The summed E-state index contributed by atoms with van der Waals surface area (Å²) < 4.78 is 48.9. The first kappa shape index (κ1) is 22.6. The maximum Gasteiger partial charge on any atom is 0.300 e. The molecule has 1 aromatic carbocycles. The highest BCUT2D eigenvalue weighted by atomic mass is 32.2. The van der Waals surface area contributed by atoms with Crippen LogP contribution in [0.3, 0.4) is 0 Å². The summed E-state index contributed by atoms with van der Waals surface area (Å²) in [6, 6.07) is 7.99. The van der Waals surface area contributed by atoms with E-state index in [0.717, 1.165) is 22.3 Å². The number of hydrogen-bond acceptors (Lipinski definition) is 5. The van der Waals surface area contributed by atoms with Crippen LogP contribution in [0.25, 0.3) is 0 Å². The summed E-state index contributed by atoms with van der Waals surface area (Å²) in [6.07, 6.45) is 5.26. The van der Waals surface area contributed by atoms with Crippen molar-refractivity contribution in [3.63, 3.8) is 0 Å². The van der Waals surface area contributed by atoms with Gasteiger partial charge in [-0.15, -0.1) is 0 Å². The molecule has 0 bridgehead atoms. The maximum atomic E-state index is 14.2. The number of pyridine rings is 2. The molecule has 0 amide bonds. The van der Waals surface area contributed by atoms with Gasteiger partial charge in [0, 0.05) is 18.4 Å². The topological polar surface area (TPSA) is 93.2 Å². The zero-order chi connectivity index (χ0) is 22.6. The van der Waals surface area contributed by atoms with Crippen LogP contribution in [0.5, 0.6) is 11.5 Å². The largest absolute Gasteiger partial charge is 0.452 e. The molecule has 0 saturated heterocycles. The predicted molar refractivity (Wildman–Crippen MR) is 118 cm³/mol. The minimum atomic E-state index is -3.71. The number of halogens is 1. The van der Waals surface area contributed by atoms with Crippen molar-refractivity contribution in [2.75, 3.05) is 4.72 Å². The lowest BCUT2D eigenvalue weighted by molar-refractivity contribution is 0.437. The zero-order valence-corrected chi connectivity index (χ0v) is 18.6. The van der Waals surface area contributed by atoms with Crippen LogP contribution in [0, 0.1) is 19.7 Å². The van der Waals surface area contributed by atoms with Crippen LogP contribution in [0.4, 0.5) is 10.2 Å². The summed E-state index contributed by atoms with van der Waals surface area (Å²) in [5, 5.41) is 0. The number of rotatable bonds is 8. The van der Waals surface area contributed by atoms with Gasteiger partial charge in [-0.05, 0) is 80.6 Å². The summed E-state index contributed by atoms with van der Waals surface area (Å²) >= 11 is 0. The zero-order valence-electron chi connectivity index (χ0n) is 17.8. The fourth-order valence-electron chi connectivity index (χ4n) is 2.97. The Bertz CT molecular complexity index is 1180. The minimum absolute atomic E-state index is 0.130. The lowest BCUT2D eigenvalue weighted by Gasteiger charge is -2.14. The lowest BCUT2D eigenvalue weighted by atomic mass is 10.0. The van der Waals surface area contributed by atoms with E-state index in [0.29, 0.717) is 12.2 Å². The molecule has 7 nitrogen and oxygen atoms in total. The number of aromatic nitrogens is 2. The third-order valence-corrected chi connectivity index (χ3v) is 5.69. The van der Waals surface area contributed by atoms with E-state index in [2.05, 4.69) is 19.4 Å². The fraction of sp³-hybridized carbons (Fsp3) is 0.273. The quantitative estimate of drug-likeness (QED) is 0.541. The highest BCUT2D eigenvalue weighted by molar-refractivity contribution is 7.90. The van der Waals surface area contributed by atoms with Crippen molar-refractivity contribution < 1.29 is 17.5 Å². The molecule has 0 saturated carbocycles. The van der Waals surface area contributed by atoms with Gasteiger partial charge in [0.2, 0.25) is 0 Å². The van der Waals surface area contributed by atoms with E-state index in [1.165, 1.54) is 12.3 Å². The van der Waals surface area contributed by atoms with Gasteiger partial charge >= 0.3 is 0 Å². The van der Waals surface area contributed by atoms with Gasteiger partial charge in [0.05, 0.1) is 6.20 Å². The van der Waals surface area contributed by atoms with Gasteiger partial charge in [0.25, 0.3) is 10.2 Å². The van der Waals surface area contributed by atoms with Crippen LogP contribution < -0.4 is 14.2 Å². The number of aryl methyl sites for hydroxylation is 1. The van der Waals surface area contributed by atoms with Gasteiger partial charge in [-0.1, -0.05) is 6.07 Å². The first-order valence-corrected chi connectivity index (χ1v) is 11.2. The predicted octanol–water partition coefficient (Wildman–Crippen LogP) is 4.27. The van der Waals surface area contributed by atoms with Crippen LogP contribution in [0.15, 0.2) is 48.9 Å². The average Bonchev–Trinajstić information content (AvgIpc) is 2.66. The van der Waals surface area contributed by atoms with Crippen molar-refractivity contribution in [3.8, 4) is 11.5 Å². The van der Waals surface area contributed by atoms with Gasteiger partial charge in [0.1, 0.15) is 11.6 Å². The van der Waals surface area contributed by atoms with Crippen molar-refractivity contribution in [2.45, 2.75) is 40.2 Å². The maximum absolute atomic E-state index is 14.2. The first-order valence-electron chi connectivity index (χ1n) is 9.75. The van der Waals surface area contributed by atoms with E-state index in [-0.39, 0.29) is 17.6 Å². The summed E-state index contributed by atoms with van der Waals surface area (Å²) in [5.41, 5.74) is 3.32. The molecule has 0 radical (unpaired) electrons. The van der Waals surface area contributed by atoms with Crippen molar-refractivity contribution in [1.82, 2.24) is 14.7 Å². The van der Waals surface area contributed by atoms with E-state index in [9.17, 15) is 12.8 Å². The number of hydrogen-bond donors (Lipinski definition) is 2. The van der Waals surface area contributed by atoms with E-state index >= 15 is 0 Å². The lowest BCUT2D eigenvalue weighted by Crippen LogP contribution is -2.35. The molecule has 0 atom stereocenters. The van der Waals surface area contributed by atoms with Crippen LogP contribution in [0.2, 0.25) is 0 Å². The highest BCUT2D eigenvalue weighted by Gasteiger charge is 2.14. The molecule has 0 aliphatic carbocycles. The third kappa shape index (κ3) is 6.22. The van der Waals surface area contributed by atoms with Crippen molar-refractivity contribution >= 4 is 16.0 Å². The van der Waals surface area contributed by atoms with E-state index in [4.69, 9.17) is 4.74 Å². The third-order valence-electron chi connectivity index (χ3n) is 4.43. The van der Waals surface area contributed by atoms with E-state index < -0.39 is 16.0 Å². The number of benzene rings is 1. The van der Waals surface area contributed by atoms with Gasteiger partial charge in [-0.25, -0.2) is 9.37 Å². The Balaban J connectivity index is 1.80. The van der Waals surface area contributed by atoms with Gasteiger partial charge in [-0.3, -0.25) is 9.71 Å². The number of anilines is 1. The summed E-state index contributed by atoms with van der Waals surface area (Å²) in [7, 11) is -3.71. The van der Waals surface area contributed by atoms with Gasteiger partial charge in [0.15, 0.2) is 11.6 Å². The van der Waals surface area contributed by atoms with Crippen LogP contribution >= 0.6 is 0 Å². The van der Waals surface area contributed by atoms with E-state index in [1.807, 2.05) is 13.8 Å². The first-order chi connectivity index (χ1) is 14.6. The molecule has 3 aromatic rings. The Labute approximate surface area is 181 Å². The average molecular weight is 445 g/mol. The Morgan fingerprint density at radius 1 is 1.10 bits per heavy atom. The van der Waals surface area contributed by atoms with Gasteiger partial charge in [-0.2, -0.15) is 13.1 Å². The van der Waals surface area contributed by atoms with Crippen LogP contribution in [0.1, 0.15) is 36.1 Å². The standard InChI is InChI=1S/C22H25FN4O3S/c1-14(2)26-31(28,29)27-22-11-17(7-8-25-22)10-18-12-24-13-21(16(18)4)30-20-6-5-15(3)9-19(20)23/h5-9,11-14,26H,10H2,1-4H3,(H,25,27). The Morgan fingerprint density at radius 2 is 1.87 bits per heavy atom. The number of nitrogens with one attached hydrogen (secondary N) is 2. The molecule has 164 valence electrons. The number of nitrogens with zero attached hydrogens (tertiary/aromatic N) is 2. The highest BCUT2D eigenvalue weighted by Crippen LogP contribution is 2.29. The molecular formula is C22H25FN4O3S. The Hall–Kier alpha value is -3.04. The SMILES string of the molecule is Cc1ccc(Oc2cncc(Cc3ccnc(NS(=O)(=O)NC(C)C)c3)c2C)c(F)c1. The molecule has 0 aliphatic rings. The smallest absolute Gasteiger partial charge is 0.300 e. The van der Waals surface area contributed by atoms with Crippen LogP contribution in [-0.2, 0) is 16.6 Å². The molecule has 0 unspecified atom stereocenters. The molecule has 9 heteroatoms. The molecule has 31 heavy (non-hydrogen) atoms. The second-order valence-corrected chi connectivity index (χ2v) is 9.01. The van der Waals surface area contributed by atoms with Crippen molar-refractivity contribution in [3.05, 3.63) is 77.0 Å². The Morgan fingerprint density at radius 3 is 2.58 bits per heavy atom. The van der Waals surface area contributed by atoms with Crippen molar-refractivity contribution in [2.24, 2.45) is 0 Å². The normalized spacial score (nSPS) is 11.5. The second kappa shape index (κ2) is 9.40. The molecular weight excluding hydrogens is 419 g/mol. The molecule has 2 N–H and O–H groups in total. The Kier molecular flexibility index (Phi) is 6.87. The molecule has 2 aromatic heterocycles. The summed E-state index contributed by atoms with van der Waals surface area (Å²) in [6.45, 7) is 7.14. The summed E-state index contributed by atoms with van der Waals surface area (Å²) in [5.74, 6) is 0.360.